The number of hydrogen-bond acceptors (Lipinski definition) is 4. The monoisotopic (exact) mass is 413 g/mol. The largest absolute Gasteiger partial charge is 0.497 e. The minimum atomic E-state index is -3.08. The van der Waals surface area contributed by atoms with E-state index in [4.69, 9.17) is 4.74 Å². The number of aryl methyl sites for hydroxylation is 1. The normalized spacial score (nSPS) is 18.1. The summed E-state index contributed by atoms with van der Waals surface area (Å²) >= 11 is 0. The Labute approximate surface area is 172 Å². The van der Waals surface area contributed by atoms with Crippen molar-refractivity contribution < 1.29 is 17.9 Å². The van der Waals surface area contributed by atoms with Crippen LogP contribution in [0.15, 0.2) is 54.6 Å². The molecule has 154 valence electrons. The Kier molecular flexibility index (Phi) is 6.75. The molecule has 3 rings (SSSR count). The van der Waals surface area contributed by atoms with Crippen LogP contribution in [0.25, 0.3) is 6.08 Å². The van der Waals surface area contributed by atoms with Crippen molar-refractivity contribution in [3.63, 3.8) is 0 Å². The van der Waals surface area contributed by atoms with Crippen molar-refractivity contribution in [2.75, 3.05) is 18.6 Å². The molecule has 0 saturated carbocycles. The van der Waals surface area contributed by atoms with Crippen LogP contribution >= 0.6 is 0 Å². The number of hydrogen-bond donors (Lipinski definition) is 0. The van der Waals surface area contributed by atoms with Crippen LogP contribution in [0.5, 0.6) is 5.75 Å². The highest BCUT2D eigenvalue weighted by Crippen LogP contribution is 2.21. The van der Waals surface area contributed by atoms with Crippen LogP contribution in [0.1, 0.15) is 30.0 Å². The molecular weight excluding hydrogens is 386 g/mol. The fraction of sp³-hybridized carbons (Fsp3) is 0.348. The van der Waals surface area contributed by atoms with E-state index in [1.807, 2.05) is 36.4 Å². The van der Waals surface area contributed by atoms with Crippen molar-refractivity contribution in [2.24, 2.45) is 0 Å². The first-order valence-electron chi connectivity index (χ1n) is 9.81. The van der Waals surface area contributed by atoms with Crippen molar-refractivity contribution in [3.05, 3.63) is 71.3 Å². The minimum Gasteiger partial charge on any atom is -0.497 e. The predicted molar refractivity (Wildman–Crippen MR) is 115 cm³/mol. The van der Waals surface area contributed by atoms with Gasteiger partial charge in [0.25, 0.3) is 0 Å². The SMILES string of the molecule is CCc1ccc(CN(C(=O)/C=C/c2ccc(OC)cc2)[C@@H]2CCS(=O)(=O)C2)cc1. The van der Waals surface area contributed by atoms with Crippen molar-refractivity contribution in [2.45, 2.75) is 32.4 Å². The summed E-state index contributed by atoms with van der Waals surface area (Å²) in [6, 6.07) is 15.2. The van der Waals surface area contributed by atoms with Crippen LogP contribution in [0, 0.1) is 0 Å². The third kappa shape index (κ3) is 5.70. The Balaban J connectivity index is 1.78. The maximum Gasteiger partial charge on any atom is 0.247 e. The van der Waals surface area contributed by atoms with E-state index in [9.17, 15) is 13.2 Å². The van der Waals surface area contributed by atoms with Crippen LogP contribution in [0.4, 0.5) is 0 Å². The molecule has 1 amide bonds. The molecule has 1 heterocycles. The molecule has 2 aromatic rings. The van der Waals surface area contributed by atoms with E-state index in [0.29, 0.717) is 13.0 Å². The van der Waals surface area contributed by atoms with Gasteiger partial charge in [0.1, 0.15) is 5.75 Å². The number of amides is 1. The summed E-state index contributed by atoms with van der Waals surface area (Å²) in [6.45, 7) is 2.49. The van der Waals surface area contributed by atoms with Gasteiger partial charge in [0.15, 0.2) is 9.84 Å². The van der Waals surface area contributed by atoms with Crippen molar-refractivity contribution in [1.82, 2.24) is 4.90 Å². The van der Waals surface area contributed by atoms with Gasteiger partial charge in [-0.1, -0.05) is 43.3 Å². The highest BCUT2D eigenvalue weighted by Gasteiger charge is 2.34. The zero-order valence-electron chi connectivity index (χ0n) is 16.9. The smallest absolute Gasteiger partial charge is 0.247 e. The quantitative estimate of drug-likeness (QED) is 0.652. The lowest BCUT2D eigenvalue weighted by molar-refractivity contribution is -0.128. The molecule has 1 atom stereocenters. The summed E-state index contributed by atoms with van der Waals surface area (Å²) in [5.41, 5.74) is 3.11. The summed E-state index contributed by atoms with van der Waals surface area (Å²) in [7, 11) is -1.48. The summed E-state index contributed by atoms with van der Waals surface area (Å²) in [5, 5.41) is 0. The second-order valence-electron chi connectivity index (χ2n) is 7.30. The van der Waals surface area contributed by atoms with E-state index in [1.165, 1.54) is 11.6 Å². The standard InChI is InChI=1S/C23H27NO4S/c1-3-18-4-6-20(7-5-18)16-24(21-14-15-29(26,27)17-21)23(25)13-10-19-8-11-22(28-2)12-9-19/h4-13,21H,3,14-17H2,1-2H3/b13-10+/t21-/m1/s1. The molecule has 1 fully saturated rings. The summed E-state index contributed by atoms with van der Waals surface area (Å²) in [6.07, 6.45) is 4.71. The number of ether oxygens (including phenoxy) is 1. The lowest BCUT2D eigenvalue weighted by Crippen LogP contribution is -2.39. The number of carbonyl (C=O) groups is 1. The summed E-state index contributed by atoms with van der Waals surface area (Å²) < 4.78 is 29.1. The van der Waals surface area contributed by atoms with E-state index < -0.39 is 9.84 Å². The number of methoxy groups -OCH3 is 1. The van der Waals surface area contributed by atoms with Gasteiger partial charge >= 0.3 is 0 Å². The van der Waals surface area contributed by atoms with Gasteiger partial charge in [0, 0.05) is 18.7 Å². The Hall–Kier alpha value is -2.60. The Morgan fingerprint density at radius 1 is 1.10 bits per heavy atom. The average Bonchev–Trinajstić information content (AvgIpc) is 3.10. The molecule has 6 heteroatoms. The molecule has 1 aliphatic heterocycles. The van der Waals surface area contributed by atoms with Crippen LogP contribution in [0.2, 0.25) is 0 Å². The molecular formula is C23H27NO4S. The van der Waals surface area contributed by atoms with Crippen LogP contribution in [-0.2, 0) is 27.6 Å². The van der Waals surface area contributed by atoms with Gasteiger partial charge < -0.3 is 9.64 Å². The van der Waals surface area contributed by atoms with Gasteiger partial charge in [0.05, 0.1) is 18.6 Å². The van der Waals surface area contributed by atoms with Crippen LogP contribution in [0.3, 0.4) is 0 Å². The zero-order valence-corrected chi connectivity index (χ0v) is 17.7. The Morgan fingerprint density at radius 3 is 2.31 bits per heavy atom. The third-order valence-electron chi connectivity index (χ3n) is 5.25. The molecule has 0 aliphatic carbocycles. The van der Waals surface area contributed by atoms with Gasteiger partial charge in [0.2, 0.25) is 5.91 Å². The highest BCUT2D eigenvalue weighted by molar-refractivity contribution is 7.91. The van der Waals surface area contributed by atoms with Gasteiger partial charge in [-0.05, 0) is 47.7 Å². The highest BCUT2D eigenvalue weighted by atomic mass is 32.2. The van der Waals surface area contributed by atoms with Gasteiger partial charge in [-0.25, -0.2) is 8.42 Å². The van der Waals surface area contributed by atoms with Crippen molar-refractivity contribution in [3.8, 4) is 5.75 Å². The lowest BCUT2D eigenvalue weighted by atomic mass is 10.1. The number of carbonyl (C=O) groups excluding carboxylic acids is 1. The molecule has 1 aliphatic rings. The van der Waals surface area contributed by atoms with Crippen molar-refractivity contribution >= 4 is 21.8 Å². The Bertz CT molecular complexity index is 963. The second-order valence-corrected chi connectivity index (χ2v) is 9.53. The summed E-state index contributed by atoms with van der Waals surface area (Å²) in [4.78, 5) is 14.7. The van der Waals surface area contributed by atoms with E-state index in [1.54, 1.807) is 18.1 Å². The molecule has 1 saturated heterocycles. The average molecular weight is 414 g/mol. The first-order chi connectivity index (χ1) is 13.9. The minimum absolute atomic E-state index is 0.0299. The lowest BCUT2D eigenvalue weighted by Gasteiger charge is -2.27. The summed E-state index contributed by atoms with van der Waals surface area (Å²) in [5.74, 6) is 0.741. The van der Waals surface area contributed by atoms with E-state index in [2.05, 4.69) is 19.1 Å². The fourth-order valence-corrected chi connectivity index (χ4v) is 5.19. The van der Waals surface area contributed by atoms with E-state index in [-0.39, 0.29) is 23.5 Å². The molecule has 29 heavy (non-hydrogen) atoms. The van der Waals surface area contributed by atoms with E-state index in [0.717, 1.165) is 23.3 Å². The second kappa shape index (κ2) is 9.27. The first-order valence-corrected chi connectivity index (χ1v) is 11.6. The zero-order chi connectivity index (χ0) is 20.9. The molecule has 5 nitrogen and oxygen atoms in total. The molecule has 0 aromatic heterocycles. The molecule has 0 spiro atoms. The Morgan fingerprint density at radius 2 is 1.76 bits per heavy atom. The number of benzene rings is 2. The van der Waals surface area contributed by atoms with E-state index >= 15 is 0 Å². The van der Waals surface area contributed by atoms with Crippen LogP contribution in [-0.4, -0.2) is 43.9 Å². The van der Waals surface area contributed by atoms with Crippen LogP contribution < -0.4 is 4.74 Å². The van der Waals surface area contributed by atoms with Gasteiger partial charge in [-0.3, -0.25) is 4.79 Å². The van der Waals surface area contributed by atoms with Crippen molar-refractivity contribution in [1.29, 1.82) is 0 Å². The first kappa shape index (κ1) is 21.1. The molecule has 0 radical (unpaired) electrons. The van der Waals surface area contributed by atoms with Gasteiger partial charge in [-0.15, -0.1) is 0 Å². The maximum atomic E-state index is 13.0. The van der Waals surface area contributed by atoms with Gasteiger partial charge in [-0.2, -0.15) is 0 Å². The number of rotatable bonds is 7. The molecule has 0 N–H and O–H groups in total. The predicted octanol–water partition coefficient (Wildman–Crippen LogP) is 3.49. The number of sulfone groups is 1. The molecule has 0 bridgehead atoms. The topological polar surface area (TPSA) is 63.7 Å². The molecule has 2 aromatic carbocycles. The molecule has 0 unspecified atom stereocenters. The fourth-order valence-electron chi connectivity index (χ4n) is 3.46. The third-order valence-corrected chi connectivity index (χ3v) is 7.00. The maximum absolute atomic E-state index is 13.0. The number of nitrogens with zero attached hydrogens (tertiary/aromatic N) is 1.